The summed E-state index contributed by atoms with van der Waals surface area (Å²) < 4.78 is 2.54. The number of benzene rings is 3. The number of carbonyl (C=O) groups is 1. The summed E-state index contributed by atoms with van der Waals surface area (Å²) in [7, 11) is 0. The van der Waals surface area contributed by atoms with Gasteiger partial charge in [0.2, 0.25) is 0 Å². The van der Waals surface area contributed by atoms with Crippen molar-refractivity contribution in [3.8, 4) is 11.3 Å². The van der Waals surface area contributed by atoms with Crippen LogP contribution < -0.4 is 16.0 Å². The van der Waals surface area contributed by atoms with E-state index >= 15 is 0 Å². The van der Waals surface area contributed by atoms with Crippen LogP contribution in [0.1, 0.15) is 24.1 Å². The van der Waals surface area contributed by atoms with Gasteiger partial charge in [0.05, 0.1) is 22.4 Å². The number of aromatic nitrogens is 3. The number of anilines is 2. The number of nitrogens with one attached hydrogen (secondary N) is 3. The second kappa shape index (κ2) is 11.0. The summed E-state index contributed by atoms with van der Waals surface area (Å²) in [6, 6.07) is 26.7. The number of rotatable bonds is 7. The third-order valence-corrected chi connectivity index (χ3v) is 6.80. The van der Waals surface area contributed by atoms with Crippen LogP contribution in [0.4, 0.5) is 16.3 Å². The summed E-state index contributed by atoms with van der Waals surface area (Å²) in [5, 5.41) is 14.4. The van der Waals surface area contributed by atoms with E-state index in [9.17, 15) is 4.79 Å². The minimum Gasteiger partial charge on any atom is -0.366 e. The van der Waals surface area contributed by atoms with Gasteiger partial charge in [-0.25, -0.2) is 9.78 Å². The van der Waals surface area contributed by atoms with Crippen molar-refractivity contribution < 1.29 is 4.79 Å². The number of halogens is 2. The molecule has 0 aliphatic rings. The van der Waals surface area contributed by atoms with Gasteiger partial charge in [-0.2, -0.15) is 9.61 Å². The van der Waals surface area contributed by atoms with E-state index in [4.69, 9.17) is 16.6 Å². The van der Waals surface area contributed by atoms with Crippen molar-refractivity contribution in [3.63, 3.8) is 0 Å². The lowest BCUT2D eigenvalue weighted by Crippen LogP contribution is -2.31. The quantitative estimate of drug-likeness (QED) is 0.190. The summed E-state index contributed by atoms with van der Waals surface area (Å²) in [4.78, 5) is 17.2. The summed E-state index contributed by atoms with van der Waals surface area (Å²) in [6.45, 7) is 2.51. The third kappa shape index (κ3) is 5.76. The van der Waals surface area contributed by atoms with Crippen molar-refractivity contribution in [2.45, 2.75) is 19.5 Å². The Labute approximate surface area is 228 Å². The Morgan fingerprint density at radius 3 is 2.51 bits per heavy atom. The van der Waals surface area contributed by atoms with Crippen molar-refractivity contribution in [3.05, 3.63) is 112 Å². The maximum atomic E-state index is 12.4. The minimum atomic E-state index is -0.252. The molecule has 2 aromatic heterocycles. The van der Waals surface area contributed by atoms with Crippen molar-refractivity contribution in [1.82, 2.24) is 19.9 Å². The Balaban J connectivity index is 1.27. The first-order valence-electron chi connectivity index (χ1n) is 11.7. The highest BCUT2D eigenvalue weighted by Crippen LogP contribution is 2.30. The molecule has 1 atom stereocenters. The number of hydrogen-bond donors (Lipinski definition) is 3. The molecule has 0 fully saturated rings. The first kappa shape index (κ1) is 24.8. The number of amides is 2. The molecule has 3 aromatic carbocycles. The van der Waals surface area contributed by atoms with Crippen LogP contribution in [-0.4, -0.2) is 20.6 Å². The Morgan fingerprint density at radius 2 is 1.76 bits per heavy atom. The van der Waals surface area contributed by atoms with E-state index < -0.39 is 0 Å². The lowest BCUT2D eigenvalue weighted by atomic mass is 10.1. The van der Waals surface area contributed by atoms with E-state index in [1.165, 1.54) is 0 Å². The summed E-state index contributed by atoms with van der Waals surface area (Å²) >= 11 is 9.96. The molecule has 5 aromatic rings. The lowest BCUT2D eigenvalue weighted by Gasteiger charge is -2.15. The van der Waals surface area contributed by atoms with Crippen LogP contribution >= 0.6 is 27.5 Å². The Kier molecular flexibility index (Phi) is 7.39. The fraction of sp³-hybridized carbons (Fsp3) is 0.107. The van der Waals surface area contributed by atoms with E-state index in [-0.39, 0.29) is 12.1 Å². The second-order valence-electron chi connectivity index (χ2n) is 8.52. The first-order chi connectivity index (χ1) is 18.0. The van der Waals surface area contributed by atoms with Gasteiger partial charge in [-0.3, -0.25) is 0 Å². The van der Waals surface area contributed by atoms with Gasteiger partial charge < -0.3 is 16.0 Å². The van der Waals surface area contributed by atoms with Crippen LogP contribution in [0.3, 0.4) is 0 Å². The van der Waals surface area contributed by atoms with Gasteiger partial charge in [-0.15, -0.1) is 0 Å². The zero-order chi connectivity index (χ0) is 25.8. The molecule has 7 nitrogen and oxygen atoms in total. The number of urea groups is 1. The highest BCUT2D eigenvalue weighted by molar-refractivity contribution is 9.10. The van der Waals surface area contributed by atoms with Crippen LogP contribution in [0, 0.1) is 0 Å². The van der Waals surface area contributed by atoms with Gasteiger partial charge in [-0.05, 0) is 52.2 Å². The zero-order valence-corrected chi connectivity index (χ0v) is 22.3. The molecule has 9 heteroatoms. The Hall–Kier alpha value is -3.88. The first-order valence-corrected chi connectivity index (χ1v) is 12.9. The van der Waals surface area contributed by atoms with Crippen LogP contribution in [0.25, 0.3) is 16.9 Å². The average Bonchev–Trinajstić information content (AvgIpc) is 3.29. The topological polar surface area (TPSA) is 83.4 Å². The molecule has 0 bridgehead atoms. The molecule has 0 radical (unpaired) electrons. The fourth-order valence-corrected chi connectivity index (χ4v) is 4.54. The zero-order valence-electron chi connectivity index (χ0n) is 20.0. The number of carbonyl (C=O) groups excluding carboxylic acids is 1. The maximum absolute atomic E-state index is 12.4. The van der Waals surface area contributed by atoms with Gasteiger partial charge in [-0.1, -0.05) is 72.3 Å². The molecule has 0 saturated carbocycles. The SMILES string of the molecule is C[C@H](NC(=O)Nc1ccc(CNc2cc(-c3ccccc3Cl)nc3c(Br)cnn23)cc1)c1ccccc1. The van der Waals surface area contributed by atoms with Gasteiger partial charge in [0, 0.05) is 28.9 Å². The number of nitrogens with zero attached hydrogens (tertiary/aromatic N) is 3. The van der Waals surface area contributed by atoms with Crippen LogP contribution in [0.15, 0.2) is 95.6 Å². The largest absolute Gasteiger partial charge is 0.366 e. The molecule has 3 N–H and O–H groups in total. The molecule has 37 heavy (non-hydrogen) atoms. The second-order valence-corrected chi connectivity index (χ2v) is 9.78. The van der Waals surface area contributed by atoms with Crippen LogP contribution in [-0.2, 0) is 6.54 Å². The Bertz CT molecular complexity index is 1540. The van der Waals surface area contributed by atoms with Crippen LogP contribution in [0.5, 0.6) is 0 Å². The van der Waals surface area contributed by atoms with Gasteiger partial charge >= 0.3 is 6.03 Å². The van der Waals surface area contributed by atoms with Crippen molar-refractivity contribution >= 4 is 50.7 Å². The molecule has 0 aliphatic carbocycles. The van der Waals surface area contributed by atoms with Crippen molar-refractivity contribution in [2.75, 3.05) is 10.6 Å². The average molecular weight is 576 g/mol. The van der Waals surface area contributed by atoms with E-state index in [1.807, 2.05) is 91.9 Å². The fourth-order valence-electron chi connectivity index (χ4n) is 3.96. The molecule has 0 spiro atoms. The van der Waals surface area contributed by atoms with E-state index in [1.54, 1.807) is 10.7 Å². The van der Waals surface area contributed by atoms with E-state index in [2.05, 4.69) is 37.0 Å². The van der Waals surface area contributed by atoms with E-state index in [0.717, 1.165) is 32.7 Å². The summed E-state index contributed by atoms with van der Waals surface area (Å²) in [5.74, 6) is 0.780. The molecule has 0 aliphatic heterocycles. The monoisotopic (exact) mass is 574 g/mol. The molecule has 0 unspecified atom stereocenters. The lowest BCUT2D eigenvalue weighted by molar-refractivity contribution is 0.249. The van der Waals surface area contributed by atoms with Gasteiger partial charge in [0.15, 0.2) is 5.65 Å². The smallest absolute Gasteiger partial charge is 0.319 e. The highest BCUT2D eigenvalue weighted by Gasteiger charge is 2.13. The van der Waals surface area contributed by atoms with Crippen LogP contribution in [0.2, 0.25) is 5.02 Å². The predicted molar refractivity (Wildman–Crippen MR) is 152 cm³/mol. The summed E-state index contributed by atoms with van der Waals surface area (Å²) in [5.41, 5.74) is 5.08. The van der Waals surface area contributed by atoms with E-state index in [0.29, 0.717) is 22.9 Å². The molecular weight excluding hydrogens is 552 g/mol. The minimum absolute atomic E-state index is 0.0973. The Morgan fingerprint density at radius 1 is 1.03 bits per heavy atom. The highest BCUT2D eigenvalue weighted by atomic mass is 79.9. The van der Waals surface area contributed by atoms with Crippen molar-refractivity contribution in [2.24, 2.45) is 0 Å². The third-order valence-electron chi connectivity index (χ3n) is 5.91. The van der Waals surface area contributed by atoms with Gasteiger partial charge in [0.1, 0.15) is 5.82 Å². The molecule has 2 amide bonds. The number of hydrogen-bond acceptors (Lipinski definition) is 4. The van der Waals surface area contributed by atoms with Gasteiger partial charge in [0.25, 0.3) is 0 Å². The molecule has 0 saturated heterocycles. The molecule has 2 heterocycles. The summed E-state index contributed by atoms with van der Waals surface area (Å²) in [6.07, 6.45) is 1.72. The normalized spacial score (nSPS) is 11.8. The molecule has 186 valence electrons. The number of fused-ring (bicyclic) bond motifs is 1. The predicted octanol–water partition coefficient (Wildman–Crippen LogP) is 7.31. The maximum Gasteiger partial charge on any atom is 0.319 e. The van der Waals surface area contributed by atoms with Crippen molar-refractivity contribution in [1.29, 1.82) is 0 Å². The molecular formula is C28H24BrClN6O. The standard InChI is InChI=1S/C28H24BrClN6O/c1-18(20-7-3-2-4-8-20)33-28(37)34-21-13-11-19(12-14-21)16-31-26-15-25(22-9-5-6-10-24(22)30)35-27-23(29)17-32-36(26)27/h2-15,17-18,31H,16H2,1H3,(H2,33,34,37)/t18-/m0/s1. The molecule has 5 rings (SSSR count).